The molecule has 1 heterocycles. The maximum atomic E-state index is 13.1. The van der Waals surface area contributed by atoms with Crippen molar-refractivity contribution in [2.45, 2.75) is 77.4 Å². The molecule has 4 unspecified atom stereocenters. The molecular formula is C26H39N3O4S. The van der Waals surface area contributed by atoms with Gasteiger partial charge in [0.1, 0.15) is 17.2 Å². The Morgan fingerprint density at radius 1 is 1.18 bits per heavy atom. The Balaban J connectivity index is 2.06. The summed E-state index contributed by atoms with van der Waals surface area (Å²) < 4.78 is 5.62. The summed E-state index contributed by atoms with van der Waals surface area (Å²) in [5.41, 5.74) is 1.65. The zero-order chi connectivity index (χ0) is 25.3. The van der Waals surface area contributed by atoms with Crippen molar-refractivity contribution >= 4 is 30.0 Å². The van der Waals surface area contributed by atoms with Crippen molar-refractivity contribution in [1.29, 1.82) is 0 Å². The number of carbonyl (C=O) groups is 3. The molecule has 0 bridgehead atoms. The van der Waals surface area contributed by atoms with Crippen molar-refractivity contribution in [1.82, 2.24) is 15.5 Å². The van der Waals surface area contributed by atoms with Crippen molar-refractivity contribution in [2.24, 2.45) is 11.8 Å². The maximum Gasteiger partial charge on any atom is 0.303 e. The van der Waals surface area contributed by atoms with Gasteiger partial charge in [0.25, 0.3) is 5.91 Å². The van der Waals surface area contributed by atoms with Gasteiger partial charge in [-0.25, -0.2) is 0 Å². The van der Waals surface area contributed by atoms with Gasteiger partial charge in [-0.3, -0.25) is 14.4 Å². The van der Waals surface area contributed by atoms with Crippen molar-refractivity contribution in [3.63, 3.8) is 0 Å². The van der Waals surface area contributed by atoms with Crippen LogP contribution in [0, 0.1) is 11.8 Å². The molecule has 1 aromatic rings. The number of hydrogen-bond donors (Lipinski definition) is 2. The molecule has 2 amide bonds. The first-order valence-electron chi connectivity index (χ1n) is 11.9. The molecule has 4 atom stereocenters. The predicted octanol–water partition coefficient (Wildman–Crippen LogP) is 3.70. The molecule has 34 heavy (non-hydrogen) atoms. The monoisotopic (exact) mass is 489 g/mol. The molecule has 1 aliphatic heterocycles. The summed E-state index contributed by atoms with van der Waals surface area (Å²) in [6.07, 6.45) is 2.41. The predicted molar refractivity (Wildman–Crippen MR) is 137 cm³/mol. The van der Waals surface area contributed by atoms with Crippen molar-refractivity contribution in [3.8, 4) is 0 Å². The van der Waals surface area contributed by atoms with E-state index in [4.69, 9.17) is 4.74 Å². The largest absolute Gasteiger partial charge is 0.459 e. The fourth-order valence-electron chi connectivity index (χ4n) is 4.26. The van der Waals surface area contributed by atoms with Crippen LogP contribution in [-0.4, -0.2) is 53.8 Å². The molecule has 0 fully saturated rings. The normalized spacial score (nSPS) is 18.0. The third-order valence-corrected chi connectivity index (χ3v) is 6.97. The Bertz CT molecular complexity index is 844. The molecule has 2 N–H and O–H groups in total. The van der Waals surface area contributed by atoms with Gasteiger partial charge in [-0.05, 0) is 30.2 Å². The second-order valence-electron chi connectivity index (χ2n) is 9.69. The number of ether oxygens (including phenoxy) is 1. The van der Waals surface area contributed by atoms with Gasteiger partial charge in [0.05, 0.1) is 0 Å². The highest BCUT2D eigenvalue weighted by atomic mass is 32.2. The standard InChI is InChI=1S/C26H39N3O4S/c1-17(2)12-21(13-20-10-8-7-9-11-20)27-25(32)22-15-34-26(28-22)24(33-19(5)31)14-23(18(3)4)29(6)16-30/h7-11,15-18,21,23-24,26,28H,12-14H2,1-6H3,(H,27,32). The van der Waals surface area contributed by atoms with Gasteiger partial charge in [0, 0.05) is 37.9 Å². The zero-order valence-electron chi connectivity index (χ0n) is 21.1. The van der Waals surface area contributed by atoms with Gasteiger partial charge in [0.2, 0.25) is 6.41 Å². The highest BCUT2D eigenvalue weighted by Crippen LogP contribution is 2.29. The van der Waals surface area contributed by atoms with Gasteiger partial charge >= 0.3 is 5.97 Å². The van der Waals surface area contributed by atoms with Crippen LogP contribution >= 0.6 is 11.8 Å². The summed E-state index contributed by atoms with van der Waals surface area (Å²) in [6, 6.07) is 10.1. The third kappa shape index (κ3) is 8.70. The van der Waals surface area contributed by atoms with Crippen LogP contribution in [0.25, 0.3) is 0 Å². The number of esters is 1. The first kappa shape index (κ1) is 27.8. The number of hydrogen-bond acceptors (Lipinski definition) is 6. The molecule has 0 aliphatic carbocycles. The van der Waals surface area contributed by atoms with Crippen molar-refractivity contribution in [2.75, 3.05) is 7.05 Å². The molecule has 1 aliphatic rings. The molecule has 2 rings (SSSR count). The lowest BCUT2D eigenvalue weighted by atomic mass is 9.96. The van der Waals surface area contributed by atoms with Crippen LogP contribution in [0.2, 0.25) is 0 Å². The Labute approximate surface area is 208 Å². The zero-order valence-corrected chi connectivity index (χ0v) is 21.9. The lowest BCUT2D eigenvalue weighted by molar-refractivity contribution is -0.147. The minimum atomic E-state index is -0.491. The summed E-state index contributed by atoms with van der Waals surface area (Å²) in [7, 11) is 1.73. The van der Waals surface area contributed by atoms with Gasteiger partial charge in [-0.1, -0.05) is 58.0 Å². The third-order valence-electron chi connectivity index (χ3n) is 5.88. The number of benzene rings is 1. The van der Waals surface area contributed by atoms with Crippen LogP contribution in [0.4, 0.5) is 0 Å². The second-order valence-corrected chi connectivity index (χ2v) is 10.7. The van der Waals surface area contributed by atoms with E-state index in [2.05, 4.69) is 36.6 Å². The molecule has 188 valence electrons. The molecule has 8 heteroatoms. The van der Waals surface area contributed by atoms with E-state index in [-0.39, 0.29) is 35.3 Å². The lowest BCUT2D eigenvalue weighted by Crippen LogP contribution is -2.46. The van der Waals surface area contributed by atoms with E-state index in [0.717, 1.165) is 19.3 Å². The summed E-state index contributed by atoms with van der Waals surface area (Å²) in [4.78, 5) is 37.9. The van der Waals surface area contributed by atoms with E-state index in [9.17, 15) is 14.4 Å². The Morgan fingerprint density at radius 3 is 2.41 bits per heavy atom. The number of rotatable bonds is 13. The lowest BCUT2D eigenvalue weighted by Gasteiger charge is -2.33. The second kappa shape index (κ2) is 13.4. The van der Waals surface area contributed by atoms with Crippen molar-refractivity contribution in [3.05, 3.63) is 47.0 Å². The van der Waals surface area contributed by atoms with E-state index < -0.39 is 6.10 Å². The first-order valence-corrected chi connectivity index (χ1v) is 12.9. The van der Waals surface area contributed by atoms with E-state index in [1.165, 1.54) is 24.2 Å². The van der Waals surface area contributed by atoms with E-state index in [0.29, 0.717) is 18.0 Å². The Kier molecular flexibility index (Phi) is 11.0. The molecule has 0 spiro atoms. The highest BCUT2D eigenvalue weighted by molar-refractivity contribution is 8.03. The smallest absolute Gasteiger partial charge is 0.303 e. The fourth-order valence-corrected chi connectivity index (χ4v) is 5.25. The van der Waals surface area contributed by atoms with E-state index >= 15 is 0 Å². The van der Waals surface area contributed by atoms with Crippen LogP contribution in [0.3, 0.4) is 0 Å². The molecule has 7 nitrogen and oxygen atoms in total. The SMILES string of the molecule is CC(=O)OC(CC(C(C)C)N(C)C=O)C1NC(C(=O)NC(Cc2ccccc2)CC(C)C)=CS1. The van der Waals surface area contributed by atoms with Crippen LogP contribution < -0.4 is 10.6 Å². The van der Waals surface area contributed by atoms with Crippen LogP contribution in [0.15, 0.2) is 41.4 Å². The van der Waals surface area contributed by atoms with E-state index in [1.807, 2.05) is 32.0 Å². The van der Waals surface area contributed by atoms with E-state index in [1.54, 1.807) is 17.4 Å². The maximum absolute atomic E-state index is 13.1. The number of thioether (sulfide) groups is 1. The van der Waals surface area contributed by atoms with Crippen LogP contribution in [0.1, 0.15) is 53.0 Å². The number of nitrogens with one attached hydrogen (secondary N) is 2. The van der Waals surface area contributed by atoms with Crippen molar-refractivity contribution < 1.29 is 19.1 Å². The summed E-state index contributed by atoms with van der Waals surface area (Å²) in [5.74, 6) is 0.0768. The minimum Gasteiger partial charge on any atom is -0.459 e. The van der Waals surface area contributed by atoms with Crippen LogP contribution in [0.5, 0.6) is 0 Å². The first-order chi connectivity index (χ1) is 16.1. The topological polar surface area (TPSA) is 87.7 Å². The molecule has 0 aromatic heterocycles. The summed E-state index contributed by atoms with van der Waals surface area (Å²) in [6.45, 7) is 9.73. The average Bonchev–Trinajstić information content (AvgIpc) is 3.26. The fraction of sp³-hybridized carbons (Fsp3) is 0.577. The summed E-state index contributed by atoms with van der Waals surface area (Å²) in [5, 5.41) is 7.92. The molecular weight excluding hydrogens is 450 g/mol. The highest BCUT2D eigenvalue weighted by Gasteiger charge is 2.34. The molecule has 0 radical (unpaired) electrons. The number of nitrogens with zero attached hydrogens (tertiary/aromatic N) is 1. The van der Waals surface area contributed by atoms with Gasteiger partial charge in [-0.2, -0.15) is 0 Å². The molecule has 0 saturated heterocycles. The van der Waals surface area contributed by atoms with Crippen LogP contribution in [-0.2, 0) is 25.5 Å². The molecule has 0 saturated carbocycles. The number of amides is 2. The Morgan fingerprint density at radius 2 is 1.85 bits per heavy atom. The minimum absolute atomic E-state index is 0.0116. The molecule has 1 aromatic carbocycles. The van der Waals surface area contributed by atoms with Gasteiger partial charge in [-0.15, -0.1) is 11.8 Å². The number of carbonyl (C=O) groups excluding carboxylic acids is 3. The quantitative estimate of drug-likeness (QED) is 0.325. The average molecular weight is 490 g/mol. The Hall–Kier alpha value is -2.48. The van der Waals surface area contributed by atoms with Gasteiger partial charge in [0.15, 0.2) is 0 Å². The summed E-state index contributed by atoms with van der Waals surface area (Å²) >= 11 is 1.43. The van der Waals surface area contributed by atoms with Gasteiger partial charge < -0.3 is 20.3 Å².